The summed E-state index contributed by atoms with van der Waals surface area (Å²) in [5.74, 6) is -0.470. The first-order valence-electron chi connectivity index (χ1n) is 11.4. The number of carboxylic acids is 1. The Morgan fingerprint density at radius 2 is 1.52 bits per heavy atom. The van der Waals surface area contributed by atoms with Gasteiger partial charge in [-0.3, -0.25) is 4.79 Å². The van der Waals surface area contributed by atoms with E-state index in [4.69, 9.17) is 4.74 Å². The summed E-state index contributed by atoms with van der Waals surface area (Å²) in [4.78, 5) is 23.9. The molecule has 31 heavy (non-hydrogen) atoms. The number of rotatable bonds is 7. The third-order valence-corrected chi connectivity index (χ3v) is 6.86. The van der Waals surface area contributed by atoms with Crippen molar-refractivity contribution in [2.45, 2.75) is 50.9 Å². The van der Waals surface area contributed by atoms with E-state index < -0.39 is 12.1 Å². The van der Waals surface area contributed by atoms with Crippen LogP contribution < -0.4 is 5.32 Å². The third kappa shape index (κ3) is 5.09. The van der Waals surface area contributed by atoms with Crippen LogP contribution in [0.1, 0.15) is 62.0 Å². The number of aliphatic carboxylic acids is 1. The summed E-state index contributed by atoms with van der Waals surface area (Å²) in [6.45, 7) is 0.626. The Bertz CT molecular complexity index is 872. The second kappa shape index (κ2) is 9.99. The molecule has 2 aliphatic rings. The normalized spacial score (nSPS) is 17.3. The number of nitrogens with one attached hydrogen (secondary N) is 1. The van der Waals surface area contributed by atoms with E-state index >= 15 is 0 Å². The monoisotopic (exact) mass is 421 g/mol. The van der Waals surface area contributed by atoms with E-state index in [9.17, 15) is 14.7 Å². The molecule has 4 rings (SSSR count). The summed E-state index contributed by atoms with van der Waals surface area (Å²) in [6, 6.07) is 16.5. The molecule has 5 nitrogen and oxygen atoms in total. The number of carbonyl (C=O) groups is 2. The number of carbonyl (C=O) groups excluding carboxylic acids is 1. The molecule has 0 spiro atoms. The largest absolute Gasteiger partial charge is 0.481 e. The van der Waals surface area contributed by atoms with Crippen molar-refractivity contribution >= 4 is 12.1 Å². The lowest BCUT2D eigenvalue weighted by atomic mass is 9.84. The van der Waals surface area contributed by atoms with E-state index in [1.165, 1.54) is 35.1 Å². The minimum atomic E-state index is -0.802. The van der Waals surface area contributed by atoms with Crippen molar-refractivity contribution in [2.24, 2.45) is 11.8 Å². The molecular formula is C26H31NO4. The minimum Gasteiger partial charge on any atom is -0.481 e. The molecule has 0 aromatic heterocycles. The fraction of sp³-hybridized carbons (Fsp3) is 0.462. The van der Waals surface area contributed by atoms with Crippen LogP contribution in [0.5, 0.6) is 0 Å². The number of amides is 1. The summed E-state index contributed by atoms with van der Waals surface area (Å²) >= 11 is 0. The molecule has 0 heterocycles. The quantitative estimate of drug-likeness (QED) is 0.572. The van der Waals surface area contributed by atoms with Crippen molar-refractivity contribution in [1.29, 1.82) is 0 Å². The molecular weight excluding hydrogens is 390 g/mol. The van der Waals surface area contributed by atoms with E-state index in [0.29, 0.717) is 12.5 Å². The standard InChI is InChI=1S/C26H31NO4/c28-25(29)15-19(18-9-3-1-2-4-10-18)16-27-26(30)31-17-24-22-13-7-5-11-20(22)21-12-6-8-14-23(21)24/h5-8,11-14,18-19,24H,1-4,9-10,15-17H2,(H,27,30)(H,28,29). The van der Waals surface area contributed by atoms with Gasteiger partial charge in [0.2, 0.25) is 0 Å². The second-order valence-corrected chi connectivity index (χ2v) is 8.82. The number of hydrogen-bond acceptors (Lipinski definition) is 3. The van der Waals surface area contributed by atoms with Gasteiger partial charge in [-0.1, -0.05) is 87.1 Å². The molecule has 2 aromatic rings. The molecule has 0 radical (unpaired) electrons. The predicted molar refractivity (Wildman–Crippen MR) is 120 cm³/mol. The Balaban J connectivity index is 1.36. The molecule has 2 aromatic carbocycles. The van der Waals surface area contributed by atoms with Crippen LogP contribution in [-0.4, -0.2) is 30.3 Å². The zero-order valence-corrected chi connectivity index (χ0v) is 17.9. The van der Waals surface area contributed by atoms with Crippen LogP contribution >= 0.6 is 0 Å². The van der Waals surface area contributed by atoms with Gasteiger partial charge in [0.1, 0.15) is 6.61 Å². The van der Waals surface area contributed by atoms with E-state index in [0.717, 1.165) is 25.7 Å². The second-order valence-electron chi connectivity index (χ2n) is 8.82. The van der Waals surface area contributed by atoms with Crippen molar-refractivity contribution < 1.29 is 19.4 Å². The maximum atomic E-state index is 12.5. The van der Waals surface area contributed by atoms with Crippen molar-refractivity contribution in [3.8, 4) is 11.1 Å². The number of fused-ring (bicyclic) bond motifs is 3. The van der Waals surface area contributed by atoms with Crippen LogP contribution in [0.25, 0.3) is 11.1 Å². The molecule has 2 N–H and O–H groups in total. The predicted octanol–water partition coefficient (Wildman–Crippen LogP) is 5.59. The lowest BCUT2D eigenvalue weighted by molar-refractivity contribution is -0.138. The van der Waals surface area contributed by atoms with Gasteiger partial charge in [0.25, 0.3) is 0 Å². The number of ether oxygens (including phenoxy) is 1. The zero-order valence-electron chi connectivity index (χ0n) is 17.9. The summed E-state index contributed by atoms with van der Waals surface area (Å²) < 4.78 is 5.61. The van der Waals surface area contributed by atoms with Gasteiger partial charge in [-0.15, -0.1) is 0 Å². The van der Waals surface area contributed by atoms with Gasteiger partial charge in [0, 0.05) is 12.5 Å². The van der Waals surface area contributed by atoms with Gasteiger partial charge in [-0.25, -0.2) is 4.79 Å². The molecule has 1 amide bonds. The highest BCUT2D eigenvalue weighted by atomic mass is 16.5. The number of alkyl carbamates (subject to hydrolysis) is 1. The Hall–Kier alpha value is -2.82. The Morgan fingerprint density at radius 3 is 2.10 bits per heavy atom. The highest BCUT2D eigenvalue weighted by molar-refractivity contribution is 5.79. The molecule has 1 atom stereocenters. The lowest BCUT2D eigenvalue weighted by Gasteiger charge is -2.25. The Kier molecular flexibility index (Phi) is 6.90. The zero-order chi connectivity index (χ0) is 21.6. The topological polar surface area (TPSA) is 75.6 Å². The van der Waals surface area contributed by atoms with E-state index in [1.807, 2.05) is 24.3 Å². The van der Waals surface area contributed by atoms with Crippen molar-refractivity contribution in [3.63, 3.8) is 0 Å². The first kappa shape index (κ1) is 21.4. The van der Waals surface area contributed by atoms with Gasteiger partial charge in [-0.2, -0.15) is 0 Å². The minimum absolute atomic E-state index is 0.0230. The van der Waals surface area contributed by atoms with Gasteiger partial charge in [0.15, 0.2) is 0 Å². The maximum Gasteiger partial charge on any atom is 0.407 e. The summed E-state index contributed by atoms with van der Waals surface area (Å²) in [5, 5.41) is 12.2. The van der Waals surface area contributed by atoms with E-state index in [1.54, 1.807) is 0 Å². The SMILES string of the molecule is O=C(O)CC(CNC(=O)OCC1c2ccccc2-c2ccccc21)C1CCCCCC1. The van der Waals surface area contributed by atoms with Crippen molar-refractivity contribution in [2.75, 3.05) is 13.2 Å². The van der Waals surface area contributed by atoms with E-state index in [-0.39, 0.29) is 24.9 Å². The van der Waals surface area contributed by atoms with Gasteiger partial charge < -0.3 is 15.2 Å². The van der Waals surface area contributed by atoms with Gasteiger partial charge >= 0.3 is 12.1 Å². The molecule has 1 saturated carbocycles. The molecule has 1 unspecified atom stereocenters. The molecule has 0 saturated heterocycles. The van der Waals surface area contributed by atoms with Crippen LogP contribution in [0, 0.1) is 11.8 Å². The van der Waals surface area contributed by atoms with Gasteiger partial charge in [0.05, 0.1) is 6.42 Å². The molecule has 5 heteroatoms. The molecule has 1 fully saturated rings. The van der Waals surface area contributed by atoms with Crippen LogP contribution in [-0.2, 0) is 9.53 Å². The van der Waals surface area contributed by atoms with E-state index in [2.05, 4.69) is 29.6 Å². The fourth-order valence-electron chi connectivity index (χ4n) is 5.28. The van der Waals surface area contributed by atoms with Crippen LogP contribution in [0.15, 0.2) is 48.5 Å². The Morgan fingerprint density at radius 1 is 0.935 bits per heavy atom. The highest BCUT2D eigenvalue weighted by Crippen LogP contribution is 2.44. The summed E-state index contributed by atoms with van der Waals surface area (Å²) in [6.07, 6.45) is 6.44. The van der Waals surface area contributed by atoms with Gasteiger partial charge in [-0.05, 0) is 34.1 Å². The molecule has 2 aliphatic carbocycles. The smallest absolute Gasteiger partial charge is 0.407 e. The first-order chi connectivity index (χ1) is 15.1. The average Bonchev–Trinajstić information content (AvgIpc) is 2.91. The maximum absolute atomic E-state index is 12.5. The highest BCUT2D eigenvalue weighted by Gasteiger charge is 2.29. The molecule has 164 valence electrons. The number of carboxylic acid groups (broad SMARTS) is 1. The Labute approximate surface area is 183 Å². The van der Waals surface area contributed by atoms with Crippen LogP contribution in [0.3, 0.4) is 0 Å². The summed E-state index contributed by atoms with van der Waals surface area (Å²) in [5.41, 5.74) is 4.75. The van der Waals surface area contributed by atoms with Crippen molar-refractivity contribution in [3.05, 3.63) is 59.7 Å². The van der Waals surface area contributed by atoms with Crippen LogP contribution in [0.4, 0.5) is 4.79 Å². The average molecular weight is 422 g/mol. The third-order valence-electron chi connectivity index (χ3n) is 6.86. The van der Waals surface area contributed by atoms with Crippen LogP contribution in [0.2, 0.25) is 0 Å². The first-order valence-corrected chi connectivity index (χ1v) is 11.4. The fourth-order valence-corrected chi connectivity index (χ4v) is 5.28. The molecule has 0 aliphatic heterocycles. The summed E-state index contributed by atoms with van der Waals surface area (Å²) in [7, 11) is 0. The van der Waals surface area contributed by atoms with Crippen molar-refractivity contribution in [1.82, 2.24) is 5.32 Å². The number of hydrogen-bond donors (Lipinski definition) is 2. The molecule has 0 bridgehead atoms. The number of benzene rings is 2. The lowest BCUT2D eigenvalue weighted by Crippen LogP contribution is -2.35.